The number of carboxylic acids is 1. The molecular formula is C66H87BrN2O15S2. The van der Waals surface area contributed by atoms with Gasteiger partial charge in [0, 0.05) is 64.6 Å². The average Bonchev–Trinajstić information content (AvgIpc) is 1.12. The number of carbonyl (C=O) groups excluding carboxylic acids is 5. The van der Waals surface area contributed by atoms with E-state index in [0.29, 0.717) is 29.9 Å². The highest BCUT2D eigenvalue weighted by Crippen LogP contribution is 2.44. The van der Waals surface area contributed by atoms with Gasteiger partial charge in [-0.25, -0.2) is 26.3 Å². The van der Waals surface area contributed by atoms with E-state index in [2.05, 4.69) is 39.2 Å². The Morgan fingerprint density at radius 2 is 1.06 bits per heavy atom. The highest BCUT2D eigenvalue weighted by atomic mass is 79.9. The van der Waals surface area contributed by atoms with Crippen molar-refractivity contribution in [3.05, 3.63) is 117 Å². The van der Waals surface area contributed by atoms with Crippen LogP contribution in [0.5, 0.6) is 11.5 Å². The van der Waals surface area contributed by atoms with Crippen LogP contribution in [0.1, 0.15) is 232 Å². The first-order chi connectivity index (χ1) is 41.3. The van der Waals surface area contributed by atoms with E-state index in [1.807, 2.05) is 0 Å². The van der Waals surface area contributed by atoms with Crippen molar-refractivity contribution < 1.29 is 70.4 Å². The minimum atomic E-state index is -4.13. The van der Waals surface area contributed by atoms with Gasteiger partial charge in [0.05, 0.1) is 34.1 Å². The molecule has 0 bridgehead atoms. The zero-order valence-corrected chi connectivity index (χ0v) is 53.1. The first-order valence-electron chi connectivity index (χ1n) is 30.9. The summed E-state index contributed by atoms with van der Waals surface area (Å²) in [6.07, 6.45) is 25.4. The van der Waals surface area contributed by atoms with E-state index in [1.165, 1.54) is 108 Å². The molecule has 17 nitrogen and oxygen atoms in total. The third kappa shape index (κ3) is 19.7. The number of carboxylic acid groups (broad SMARTS) is 1. The van der Waals surface area contributed by atoms with E-state index in [0.717, 1.165) is 98.6 Å². The molecule has 0 aromatic heterocycles. The highest BCUT2D eigenvalue weighted by molar-refractivity contribution is 9.09. The van der Waals surface area contributed by atoms with Crippen LogP contribution in [0.3, 0.4) is 0 Å². The van der Waals surface area contributed by atoms with Crippen LogP contribution in [0.15, 0.2) is 82.6 Å². The van der Waals surface area contributed by atoms with Crippen LogP contribution in [0.4, 0.5) is 0 Å². The molecule has 0 spiro atoms. The molecule has 1 saturated carbocycles. The van der Waals surface area contributed by atoms with Gasteiger partial charge in [0.1, 0.15) is 18.1 Å². The molecule has 3 aliphatic carbocycles. The Bertz CT molecular complexity index is 3200. The van der Waals surface area contributed by atoms with Crippen LogP contribution in [-0.2, 0) is 34.4 Å². The number of esters is 1. The summed E-state index contributed by atoms with van der Waals surface area (Å²) in [5.41, 5.74) is 0.535. The smallest absolute Gasteiger partial charge is 0.305 e. The zero-order chi connectivity index (χ0) is 62.2. The molecule has 0 heterocycles. The predicted octanol–water partition coefficient (Wildman–Crippen LogP) is 12.5. The average molecular weight is 1290 g/mol. The molecule has 1 fully saturated rings. The first-order valence-corrected chi connectivity index (χ1v) is 35.0. The van der Waals surface area contributed by atoms with Crippen LogP contribution in [0, 0.1) is 23.7 Å². The number of phenols is 1. The summed E-state index contributed by atoms with van der Waals surface area (Å²) in [6, 6.07) is 16.7. The fourth-order valence-electron chi connectivity index (χ4n) is 12.1. The number of nitrogens with one attached hydrogen (secondary N) is 2. The molecule has 0 amide bonds. The molecule has 4 aromatic rings. The Balaban J connectivity index is 0.000000340. The predicted molar refractivity (Wildman–Crippen MR) is 333 cm³/mol. The van der Waals surface area contributed by atoms with E-state index in [-0.39, 0.29) is 93.0 Å². The van der Waals surface area contributed by atoms with Crippen LogP contribution in [0.2, 0.25) is 0 Å². The molecule has 5 N–H and O–H groups in total. The maximum absolute atomic E-state index is 13.3. The molecule has 4 aromatic carbocycles. The summed E-state index contributed by atoms with van der Waals surface area (Å²) >= 11 is 3.45. The number of rotatable bonds is 36. The minimum absolute atomic E-state index is 0.0506. The number of aliphatic hydroxyl groups is 1. The molecule has 4 unspecified atom stereocenters. The second kappa shape index (κ2) is 34.8. The van der Waals surface area contributed by atoms with Crippen molar-refractivity contribution in [3.8, 4) is 11.5 Å². The molecule has 0 saturated heterocycles. The lowest BCUT2D eigenvalue weighted by atomic mass is 9.65. The van der Waals surface area contributed by atoms with Crippen LogP contribution in [-0.4, -0.2) is 105 Å². The molecule has 86 heavy (non-hydrogen) atoms. The summed E-state index contributed by atoms with van der Waals surface area (Å²) in [5, 5.41) is 29.0. The molecule has 0 radical (unpaired) electrons. The Hall–Kier alpha value is -5.64. The number of sulfonamides is 2. The number of unbranched alkanes of at least 4 members (excludes halogenated alkanes) is 15. The molecule has 3 aliphatic rings. The van der Waals surface area contributed by atoms with Crippen LogP contribution >= 0.6 is 15.9 Å². The van der Waals surface area contributed by atoms with Gasteiger partial charge in [-0.3, -0.25) is 28.8 Å². The van der Waals surface area contributed by atoms with Gasteiger partial charge in [-0.2, -0.15) is 0 Å². The number of hydrogen-bond acceptors (Lipinski definition) is 14. The SMILES string of the molecule is CC1CCC(CCCCCCCC(=O)OCCNS(=O)(=O)c2ccc3c(c2)C(=O)c2ccc(S(=O)(=O)NCCO)cc2C3=O)C(C)C1CCCCCCCC(=O)O.O=C1c2ccccc2C(=O)c2c(OCCCCCCCCCCBr)ccc(O)c21. The summed E-state index contributed by atoms with van der Waals surface area (Å²) in [6.45, 7) is 4.32. The molecule has 4 atom stereocenters. The van der Waals surface area contributed by atoms with Crippen molar-refractivity contribution in [3.63, 3.8) is 0 Å². The van der Waals surface area contributed by atoms with E-state index in [1.54, 1.807) is 30.3 Å². The van der Waals surface area contributed by atoms with Gasteiger partial charge in [0.2, 0.25) is 20.0 Å². The van der Waals surface area contributed by atoms with Crippen molar-refractivity contribution in [2.75, 3.05) is 38.2 Å². The van der Waals surface area contributed by atoms with Crippen molar-refractivity contribution in [2.45, 2.75) is 178 Å². The zero-order valence-electron chi connectivity index (χ0n) is 49.9. The lowest BCUT2D eigenvalue weighted by Crippen LogP contribution is -2.31. The number of halogens is 1. The number of benzene rings is 4. The number of phenolic OH excluding ortho intramolecular Hbond substituents is 1. The Kier molecular flexibility index (Phi) is 28.1. The number of ketones is 4. The monoisotopic (exact) mass is 1290 g/mol. The maximum atomic E-state index is 13.3. The van der Waals surface area contributed by atoms with Crippen molar-refractivity contribution in [1.82, 2.24) is 9.44 Å². The summed E-state index contributed by atoms with van der Waals surface area (Å²) in [7, 11) is -8.17. The van der Waals surface area contributed by atoms with E-state index in [9.17, 15) is 50.7 Å². The highest BCUT2D eigenvalue weighted by Gasteiger charge is 2.36. The number of ether oxygens (including phenoxy) is 2. The number of aromatic hydroxyl groups is 1. The normalized spacial score (nSPS) is 17.2. The topological polar surface area (TPSA) is 274 Å². The van der Waals surface area contributed by atoms with Gasteiger partial charge < -0.3 is 24.8 Å². The number of fused-ring (bicyclic) bond motifs is 4. The van der Waals surface area contributed by atoms with E-state index < -0.39 is 50.2 Å². The van der Waals surface area contributed by atoms with Crippen molar-refractivity contribution in [1.29, 1.82) is 0 Å². The second-order valence-corrected chi connectivity index (χ2v) is 27.4. The quantitative estimate of drug-likeness (QED) is 0.0139. The lowest BCUT2D eigenvalue weighted by molar-refractivity contribution is -0.143. The van der Waals surface area contributed by atoms with Gasteiger partial charge in [0.25, 0.3) is 0 Å². The summed E-state index contributed by atoms with van der Waals surface area (Å²) < 4.78 is 66.7. The number of aliphatic carboxylic acids is 1. The molecular weight excluding hydrogens is 1200 g/mol. The third-order valence-electron chi connectivity index (χ3n) is 17.0. The van der Waals surface area contributed by atoms with Crippen LogP contribution in [0.25, 0.3) is 0 Å². The second-order valence-electron chi connectivity index (χ2n) is 23.1. The van der Waals surface area contributed by atoms with E-state index >= 15 is 0 Å². The lowest BCUT2D eigenvalue weighted by Gasteiger charge is -2.41. The van der Waals surface area contributed by atoms with Gasteiger partial charge in [-0.05, 0) is 111 Å². The Morgan fingerprint density at radius 1 is 0.558 bits per heavy atom. The Labute approximate surface area is 516 Å². The fourth-order valence-corrected chi connectivity index (χ4v) is 14.6. The van der Waals surface area contributed by atoms with Gasteiger partial charge in [0.15, 0.2) is 23.1 Å². The van der Waals surface area contributed by atoms with Gasteiger partial charge >= 0.3 is 11.9 Å². The van der Waals surface area contributed by atoms with E-state index in [4.69, 9.17) is 19.7 Å². The molecule has 20 heteroatoms. The number of alkyl halides is 1. The largest absolute Gasteiger partial charge is 0.507 e. The standard InChI is InChI=1S/C42H60N2O11S2.C24H27BrO4/c1-29-17-18-31(30(2)34(29)14-10-6-4-7-11-15-39(46)47)13-9-5-3-8-12-16-40(48)55-26-24-44-57(53,54)33-20-22-36-38(28-33)42(50)35-21-19-32(27-37(35)41(36)49)56(51,52)43-23-25-45;25-15-9-5-3-1-2-4-6-10-16-29-20-14-13-19(26)21-22(20)24(28)18-12-8-7-11-17(18)23(21)27/h19-22,27-31,34,43-45H,3-18,23-26H2,1-2H3,(H,46,47);7-8,11-14,26H,1-6,9-10,15-16H2. The van der Waals surface area contributed by atoms with Crippen LogP contribution < -0.4 is 14.2 Å². The minimum Gasteiger partial charge on any atom is -0.507 e. The maximum Gasteiger partial charge on any atom is 0.305 e. The first kappa shape index (κ1) is 69.5. The molecule has 7 rings (SSSR count). The molecule has 0 aliphatic heterocycles. The van der Waals surface area contributed by atoms with Gasteiger partial charge in [-0.15, -0.1) is 0 Å². The summed E-state index contributed by atoms with van der Waals surface area (Å²) in [4.78, 5) is 74.8. The Morgan fingerprint density at radius 3 is 1.63 bits per heavy atom. The molecule has 470 valence electrons. The fraction of sp³-hybridized carbons (Fsp3) is 0.545. The van der Waals surface area contributed by atoms with Crippen molar-refractivity contribution >= 4 is 71.0 Å². The summed E-state index contributed by atoms with van der Waals surface area (Å²) in [5.74, 6) is 0.215. The third-order valence-corrected chi connectivity index (χ3v) is 20.4. The number of aliphatic hydroxyl groups excluding tert-OH is 1. The number of hydrogen-bond donors (Lipinski definition) is 5. The number of carbonyl (C=O) groups is 6. The van der Waals surface area contributed by atoms with Crippen molar-refractivity contribution in [2.24, 2.45) is 23.7 Å². The van der Waals surface area contributed by atoms with Gasteiger partial charge in [-0.1, -0.05) is 157 Å².